The molecule has 0 spiro atoms. The van der Waals surface area contributed by atoms with E-state index < -0.39 is 0 Å². The number of nitrogens with one attached hydrogen (secondary N) is 1. The molecule has 228 valence electrons. The maximum atomic E-state index is 13.2. The highest BCUT2D eigenvalue weighted by Gasteiger charge is 2.28. The summed E-state index contributed by atoms with van der Waals surface area (Å²) in [5.74, 6) is 1.21. The Bertz CT molecular complexity index is 1390. The summed E-state index contributed by atoms with van der Waals surface area (Å²) in [7, 11) is 3.16. The number of amides is 2. The Morgan fingerprint density at radius 1 is 0.930 bits per heavy atom. The van der Waals surface area contributed by atoms with Crippen LogP contribution in [0.5, 0.6) is 11.5 Å². The topological polar surface area (TPSA) is 114 Å². The fraction of sp³-hybridized carbons (Fsp3) is 0.394. The first-order valence-electron chi connectivity index (χ1n) is 14.6. The number of ether oxygens (including phenoxy) is 2. The van der Waals surface area contributed by atoms with Crippen LogP contribution < -0.4 is 14.8 Å². The smallest absolute Gasteiger partial charge is 0.269 e. The van der Waals surface area contributed by atoms with Crippen molar-refractivity contribution >= 4 is 17.5 Å². The molecular weight excluding hydrogens is 548 g/mol. The van der Waals surface area contributed by atoms with Crippen LogP contribution in [-0.2, 0) is 24.4 Å². The first-order chi connectivity index (χ1) is 20.8. The second-order valence-corrected chi connectivity index (χ2v) is 10.8. The van der Waals surface area contributed by atoms with E-state index in [-0.39, 0.29) is 28.5 Å². The average molecular weight is 589 g/mol. The third-order valence-corrected chi connectivity index (χ3v) is 7.81. The van der Waals surface area contributed by atoms with Crippen molar-refractivity contribution < 1.29 is 24.0 Å². The Morgan fingerprint density at radius 3 is 2.16 bits per heavy atom. The minimum atomic E-state index is -0.388. The van der Waals surface area contributed by atoms with Crippen LogP contribution in [0.15, 0.2) is 66.7 Å². The first-order valence-corrected chi connectivity index (χ1v) is 14.6. The molecule has 1 fully saturated rings. The Morgan fingerprint density at radius 2 is 1.56 bits per heavy atom. The van der Waals surface area contributed by atoms with Crippen molar-refractivity contribution in [2.45, 2.75) is 58.3 Å². The van der Waals surface area contributed by atoms with Crippen molar-refractivity contribution in [3.05, 3.63) is 99.1 Å². The zero-order chi connectivity index (χ0) is 30.8. The molecule has 1 aliphatic rings. The van der Waals surface area contributed by atoms with Gasteiger partial charge in [0, 0.05) is 62.9 Å². The summed E-state index contributed by atoms with van der Waals surface area (Å²) in [6.45, 7) is 5.28. The lowest BCUT2D eigenvalue weighted by atomic mass is 10.0. The largest absolute Gasteiger partial charge is 0.493 e. The number of nitro benzene ring substituents is 1. The lowest BCUT2D eigenvalue weighted by molar-refractivity contribution is -0.384. The number of hydrogen-bond acceptors (Lipinski definition) is 7. The summed E-state index contributed by atoms with van der Waals surface area (Å²) < 4.78 is 10.6. The molecule has 0 aromatic heterocycles. The number of carbonyl (C=O) groups excluding carboxylic acids is 2. The first kappa shape index (κ1) is 31.5. The van der Waals surface area contributed by atoms with Gasteiger partial charge in [-0.1, -0.05) is 37.3 Å². The quantitative estimate of drug-likeness (QED) is 0.212. The SMILES string of the molecule is CCCC(=O)N(Cc1ccc(C(=O)NCc2ccc(OC)c(OC)c2)cc1)C1CCN(Cc2ccc([N+](=O)[O-])cc2)CC1. The highest BCUT2D eigenvalue weighted by molar-refractivity contribution is 5.94. The van der Waals surface area contributed by atoms with Gasteiger partial charge in [0.15, 0.2) is 11.5 Å². The van der Waals surface area contributed by atoms with Gasteiger partial charge in [-0.2, -0.15) is 0 Å². The van der Waals surface area contributed by atoms with Crippen molar-refractivity contribution in [1.82, 2.24) is 15.1 Å². The highest BCUT2D eigenvalue weighted by Crippen LogP contribution is 2.27. The minimum Gasteiger partial charge on any atom is -0.493 e. The van der Waals surface area contributed by atoms with Crippen molar-refractivity contribution in [2.24, 2.45) is 0 Å². The molecule has 3 aromatic rings. The summed E-state index contributed by atoms with van der Waals surface area (Å²) in [6.07, 6.45) is 3.01. The lowest BCUT2D eigenvalue weighted by Gasteiger charge is -2.39. The van der Waals surface area contributed by atoms with E-state index in [1.807, 2.05) is 54.3 Å². The van der Waals surface area contributed by atoms with Crippen LogP contribution in [0.25, 0.3) is 0 Å². The summed E-state index contributed by atoms with van der Waals surface area (Å²) in [5, 5.41) is 13.9. The van der Waals surface area contributed by atoms with Crippen molar-refractivity contribution in [2.75, 3.05) is 27.3 Å². The molecule has 0 radical (unpaired) electrons. The fourth-order valence-corrected chi connectivity index (χ4v) is 5.38. The molecule has 1 heterocycles. The number of benzene rings is 3. The van der Waals surface area contributed by atoms with Crippen LogP contribution in [0.1, 0.15) is 59.7 Å². The fourth-order valence-electron chi connectivity index (χ4n) is 5.38. The maximum absolute atomic E-state index is 13.2. The van der Waals surface area contributed by atoms with Gasteiger partial charge in [-0.15, -0.1) is 0 Å². The van der Waals surface area contributed by atoms with Crippen molar-refractivity contribution in [3.63, 3.8) is 0 Å². The van der Waals surface area contributed by atoms with Crippen LogP contribution in [0.3, 0.4) is 0 Å². The number of rotatable bonds is 13. The third-order valence-electron chi connectivity index (χ3n) is 7.81. The summed E-state index contributed by atoms with van der Waals surface area (Å²) in [6, 6.07) is 19.8. The van der Waals surface area contributed by atoms with Gasteiger partial charge in [0.2, 0.25) is 5.91 Å². The van der Waals surface area contributed by atoms with E-state index in [4.69, 9.17) is 9.47 Å². The van der Waals surface area contributed by atoms with Gasteiger partial charge in [0.05, 0.1) is 19.1 Å². The molecule has 0 bridgehead atoms. The molecule has 10 heteroatoms. The molecule has 10 nitrogen and oxygen atoms in total. The van der Waals surface area contributed by atoms with Crippen molar-refractivity contribution in [3.8, 4) is 11.5 Å². The third kappa shape index (κ3) is 8.54. The Hall–Kier alpha value is -4.44. The molecule has 4 rings (SSSR count). The lowest BCUT2D eigenvalue weighted by Crippen LogP contribution is -2.46. The average Bonchev–Trinajstić information content (AvgIpc) is 3.03. The van der Waals surface area contributed by atoms with E-state index in [9.17, 15) is 19.7 Å². The standard InChI is InChI=1S/C33H40N4O6/c1-4-5-32(38)36(28-16-18-35(19-17-28)22-24-8-13-29(14-9-24)37(40)41)23-25-6-11-27(12-7-25)33(39)34-21-26-10-15-30(42-2)31(20-26)43-3/h6-15,20,28H,4-5,16-19,21-23H2,1-3H3,(H,34,39). The Kier molecular flexibility index (Phi) is 11.1. The predicted octanol–water partition coefficient (Wildman–Crippen LogP) is 5.34. The van der Waals surface area contributed by atoms with E-state index in [1.54, 1.807) is 38.5 Å². The van der Waals surface area contributed by atoms with Gasteiger partial charge in [-0.25, -0.2) is 0 Å². The molecule has 1 saturated heterocycles. The molecular formula is C33H40N4O6. The van der Waals surface area contributed by atoms with Crippen LogP contribution in [-0.4, -0.2) is 59.9 Å². The van der Waals surface area contributed by atoms with Gasteiger partial charge in [-0.3, -0.25) is 24.6 Å². The van der Waals surface area contributed by atoms with Crippen LogP contribution in [0.2, 0.25) is 0 Å². The number of nitrogens with zero attached hydrogens (tertiary/aromatic N) is 3. The van der Waals surface area contributed by atoms with Gasteiger partial charge < -0.3 is 19.7 Å². The molecule has 0 saturated carbocycles. The Labute approximate surface area is 252 Å². The van der Waals surface area contributed by atoms with Gasteiger partial charge in [-0.05, 0) is 60.2 Å². The van der Waals surface area contributed by atoms with E-state index in [1.165, 1.54) is 0 Å². The van der Waals surface area contributed by atoms with E-state index in [0.717, 1.165) is 55.6 Å². The van der Waals surface area contributed by atoms with Crippen LogP contribution in [0.4, 0.5) is 5.69 Å². The number of non-ortho nitro benzene ring substituents is 1. The normalized spacial score (nSPS) is 13.7. The number of piperidine rings is 1. The number of carbonyl (C=O) groups is 2. The molecule has 2 amide bonds. The zero-order valence-electron chi connectivity index (χ0n) is 25.1. The minimum absolute atomic E-state index is 0.0933. The number of hydrogen-bond donors (Lipinski definition) is 1. The monoisotopic (exact) mass is 588 g/mol. The molecule has 3 aromatic carbocycles. The molecule has 1 N–H and O–H groups in total. The molecule has 0 atom stereocenters. The second-order valence-electron chi connectivity index (χ2n) is 10.8. The van der Waals surface area contributed by atoms with Crippen LogP contribution >= 0.6 is 0 Å². The molecule has 1 aliphatic heterocycles. The highest BCUT2D eigenvalue weighted by atomic mass is 16.6. The summed E-state index contributed by atoms with van der Waals surface area (Å²) >= 11 is 0. The summed E-state index contributed by atoms with van der Waals surface area (Å²) in [5.41, 5.74) is 3.56. The van der Waals surface area contributed by atoms with E-state index in [2.05, 4.69) is 10.2 Å². The van der Waals surface area contributed by atoms with E-state index in [0.29, 0.717) is 36.6 Å². The molecule has 0 unspecified atom stereocenters. The summed E-state index contributed by atoms with van der Waals surface area (Å²) in [4.78, 5) is 40.8. The Balaban J connectivity index is 1.33. The van der Waals surface area contributed by atoms with Crippen molar-refractivity contribution in [1.29, 1.82) is 0 Å². The van der Waals surface area contributed by atoms with Gasteiger partial charge in [0.25, 0.3) is 11.6 Å². The van der Waals surface area contributed by atoms with Crippen LogP contribution in [0, 0.1) is 10.1 Å². The van der Waals surface area contributed by atoms with Gasteiger partial charge in [0.1, 0.15) is 0 Å². The number of methoxy groups -OCH3 is 2. The predicted molar refractivity (Wildman–Crippen MR) is 164 cm³/mol. The second kappa shape index (κ2) is 15.2. The number of nitro groups is 1. The van der Waals surface area contributed by atoms with Gasteiger partial charge >= 0.3 is 0 Å². The molecule has 0 aliphatic carbocycles. The zero-order valence-corrected chi connectivity index (χ0v) is 25.1. The number of likely N-dealkylation sites (tertiary alicyclic amines) is 1. The van der Waals surface area contributed by atoms with E-state index >= 15 is 0 Å². The maximum Gasteiger partial charge on any atom is 0.269 e. The molecule has 43 heavy (non-hydrogen) atoms.